The minimum absolute atomic E-state index is 0.168. The van der Waals surface area contributed by atoms with Crippen LogP contribution in [0.4, 0.5) is 4.79 Å². The molecule has 0 saturated heterocycles. The number of rotatable bonds is 3. The summed E-state index contributed by atoms with van der Waals surface area (Å²) < 4.78 is 0. The first-order chi connectivity index (χ1) is 5.45. The number of aliphatic hydroxyl groups excluding tert-OH is 3. The van der Waals surface area contributed by atoms with Gasteiger partial charge in [0, 0.05) is 0 Å². The van der Waals surface area contributed by atoms with Gasteiger partial charge in [0.05, 0.1) is 6.61 Å². The molecule has 7 nitrogen and oxygen atoms in total. The van der Waals surface area contributed by atoms with E-state index in [4.69, 9.17) is 30.3 Å². The van der Waals surface area contributed by atoms with Crippen LogP contribution in [0.15, 0.2) is 0 Å². The van der Waals surface area contributed by atoms with Crippen LogP contribution in [0.3, 0.4) is 0 Å². The number of carboxylic acid groups (broad SMARTS) is 2. The molecule has 0 amide bonds. The molecule has 0 radical (unpaired) electrons. The third kappa shape index (κ3) is 11.6. The molecule has 0 aromatic rings. The number of hydrogen-bond donors (Lipinski definition) is 5. The van der Waals surface area contributed by atoms with Crippen molar-refractivity contribution >= 4 is 12.4 Å². The lowest BCUT2D eigenvalue weighted by Crippen LogP contribution is -2.30. The third-order valence-corrected chi connectivity index (χ3v) is 0.721. The van der Waals surface area contributed by atoms with Crippen LogP contribution >= 0.6 is 0 Å². The van der Waals surface area contributed by atoms with E-state index < -0.39 is 25.0 Å². The Morgan fingerprint density at radius 3 is 1.75 bits per heavy atom. The SMILES string of the molecule is O=C(O)O.O=CC(O)C(O)CO. The van der Waals surface area contributed by atoms with Gasteiger partial charge in [-0.3, -0.25) is 0 Å². The lowest BCUT2D eigenvalue weighted by molar-refractivity contribution is -0.121. The van der Waals surface area contributed by atoms with Crippen LogP contribution in [0, 0.1) is 0 Å². The van der Waals surface area contributed by atoms with Gasteiger partial charge in [-0.15, -0.1) is 0 Å². The average molecular weight is 182 g/mol. The Kier molecular flexibility index (Phi) is 8.85. The van der Waals surface area contributed by atoms with Crippen LogP contribution in [-0.2, 0) is 4.79 Å². The van der Waals surface area contributed by atoms with Gasteiger partial charge in [-0.1, -0.05) is 0 Å². The van der Waals surface area contributed by atoms with E-state index in [-0.39, 0.29) is 6.29 Å². The molecule has 2 unspecified atom stereocenters. The zero-order valence-corrected chi connectivity index (χ0v) is 5.99. The van der Waals surface area contributed by atoms with Gasteiger partial charge in [-0.05, 0) is 0 Å². The Morgan fingerprint density at radius 2 is 1.67 bits per heavy atom. The van der Waals surface area contributed by atoms with Gasteiger partial charge in [0.1, 0.15) is 12.2 Å². The smallest absolute Gasteiger partial charge is 0.450 e. The summed E-state index contributed by atoms with van der Waals surface area (Å²) in [4.78, 5) is 18.1. The van der Waals surface area contributed by atoms with Gasteiger partial charge in [0.15, 0.2) is 6.29 Å². The largest absolute Gasteiger partial charge is 0.503 e. The molecule has 0 aromatic heterocycles. The molecule has 0 aliphatic heterocycles. The summed E-state index contributed by atoms with van der Waals surface area (Å²) in [5, 5.41) is 38.8. The van der Waals surface area contributed by atoms with Crippen LogP contribution in [0.5, 0.6) is 0 Å². The van der Waals surface area contributed by atoms with Crippen LogP contribution < -0.4 is 0 Å². The Hall–Kier alpha value is -1.18. The molecule has 0 aliphatic rings. The molecule has 2 atom stereocenters. The Labute approximate surface area is 67.5 Å². The van der Waals surface area contributed by atoms with Crippen molar-refractivity contribution in [3.8, 4) is 0 Å². The number of carbonyl (C=O) groups excluding carboxylic acids is 1. The number of carbonyl (C=O) groups is 2. The predicted octanol–water partition coefficient (Wildman–Crippen LogP) is -1.88. The van der Waals surface area contributed by atoms with Crippen molar-refractivity contribution in [3.05, 3.63) is 0 Å². The highest BCUT2D eigenvalue weighted by molar-refractivity contribution is 5.56. The first-order valence-corrected chi connectivity index (χ1v) is 2.79. The fourth-order valence-electron chi connectivity index (χ4n) is 0.199. The number of hydrogen-bond acceptors (Lipinski definition) is 5. The van der Waals surface area contributed by atoms with E-state index in [2.05, 4.69) is 0 Å². The van der Waals surface area contributed by atoms with E-state index in [1.807, 2.05) is 0 Å². The molecule has 7 heteroatoms. The maximum atomic E-state index is 9.58. The first kappa shape index (κ1) is 13.4. The second-order valence-electron chi connectivity index (χ2n) is 1.66. The van der Waals surface area contributed by atoms with Crippen LogP contribution in [0.1, 0.15) is 0 Å². The monoisotopic (exact) mass is 182 g/mol. The summed E-state index contributed by atoms with van der Waals surface area (Å²) in [5.41, 5.74) is 0. The molecule has 0 aliphatic carbocycles. The first-order valence-electron chi connectivity index (χ1n) is 2.79. The molecule has 0 saturated carbocycles. The normalized spacial score (nSPS) is 13.6. The number of aldehydes is 1. The molecular formula is C5H10O7. The maximum absolute atomic E-state index is 9.58. The molecule has 0 spiro atoms. The lowest BCUT2D eigenvalue weighted by Gasteiger charge is -2.06. The highest BCUT2D eigenvalue weighted by Crippen LogP contribution is 1.85. The van der Waals surface area contributed by atoms with Crippen molar-refractivity contribution in [2.24, 2.45) is 0 Å². The molecule has 0 heterocycles. The molecule has 5 N–H and O–H groups in total. The molecular weight excluding hydrogens is 172 g/mol. The van der Waals surface area contributed by atoms with E-state index in [1.54, 1.807) is 0 Å². The highest BCUT2D eigenvalue weighted by atomic mass is 16.6. The van der Waals surface area contributed by atoms with Crippen LogP contribution in [0.2, 0.25) is 0 Å². The zero-order chi connectivity index (χ0) is 10.1. The Bertz CT molecular complexity index is 130. The standard InChI is InChI=1S/C4H8O4.CH2O3/c5-1-3(7)4(8)2-6;2-1(3)4/h1,3-4,6-8H,2H2;(H2,2,3,4). The van der Waals surface area contributed by atoms with Crippen LogP contribution in [-0.4, -0.2) is 56.8 Å². The molecule has 0 aromatic carbocycles. The highest BCUT2D eigenvalue weighted by Gasteiger charge is 2.12. The van der Waals surface area contributed by atoms with Crippen molar-refractivity contribution in [2.75, 3.05) is 6.61 Å². The van der Waals surface area contributed by atoms with Crippen molar-refractivity contribution in [2.45, 2.75) is 12.2 Å². The molecule has 0 fully saturated rings. The van der Waals surface area contributed by atoms with Crippen molar-refractivity contribution in [3.63, 3.8) is 0 Å². The van der Waals surface area contributed by atoms with E-state index in [9.17, 15) is 4.79 Å². The van der Waals surface area contributed by atoms with Gasteiger partial charge in [-0.2, -0.15) is 0 Å². The minimum atomic E-state index is -1.83. The van der Waals surface area contributed by atoms with Crippen molar-refractivity contribution in [1.82, 2.24) is 0 Å². The Balaban J connectivity index is 0. The fraction of sp³-hybridized carbons (Fsp3) is 0.600. The van der Waals surface area contributed by atoms with E-state index in [1.165, 1.54) is 0 Å². The molecule has 12 heavy (non-hydrogen) atoms. The summed E-state index contributed by atoms with van der Waals surface area (Å²) >= 11 is 0. The topological polar surface area (TPSA) is 135 Å². The Morgan fingerprint density at radius 1 is 1.33 bits per heavy atom. The van der Waals surface area contributed by atoms with Crippen molar-refractivity contribution < 1.29 is 35.1 Å². The summed E-state index contributed by atoms with van der Waals surface area (Å²) in [7, 11) is 0. The van der Waals surface area contributed by atoms with E-state index in [0.29, 0.717) is 0 Å². The maximum Gasteiger partial charge on any atom is 0.503 e. The van der Waals surface area contributed by atoms with Crippen molar-refractivity contribution in [1.29, 1.82) is 0 Å². The summed E-state index contributed by atoms with van der Waals surface area (Å²) in [6, 6.07) is 0. The van der Waals surface area contributed by atoms with Gasteiger partial charge >= 0.3 is 6.16 Å². The fourth-order valence-corrected chi connectivity index (χ4v) is 0.199. The molecule has 72 valence electrons. The van der Waals surface area contributed by atoms with Crippen LogP contribution in [0.25, 0.3) is 0 Å². The zero-order valence-electron chi connectivity index (χ0n) is 5.99. The third-order valence-electron chi connectivity index (χ3n) is 0.721. The second kappa shape index (κ2) is 7.92. The minimum Gasteiger partial charge on any atom is -0.450 e. The second-order valence-corrected chi connectivity index (χ2v) is 1.66. The van der Waals surface area contributed by atoms with E-state index in [0.717, 1.165) is 0 Å². The van der Waals surface area contributed by atoms with Gasteiger partial charge in [0.25, 0.3) is 0 Å². The van der Waals surface area contributed by atoms with E-state index >= 15 is 0 Å². The molecule has 0 rings (SSSR count). The summed E-state index contributed by atoms with van der Waals surface area (Å²) in [6.45, 7) is -0.597. The average Bonchev–Trinajstić information content (AvgIpc) is 2.00. The predicted molar refractivity (Wildman–Crippen MR) is 35.8 cm³/mol. The summed E-state index contributed by atoms with van der Waals surface area (Å²) in [5.74, 6) is 0. The van der Waals surface area contributed by atoms with Gasteiger partial charge in [-0.25, -0.2) is 4.79 Å². The molecule has 0 bridgehead atoms. The van der Waals surface area contributed by atoms with Gasteiger partial charge < -0.3 is 30.3 Å². The number of aliphatic hydroxyl groups is 3. The quantitative estimate of drug-likeness (QED) is 0.322. The summed E-state index contributed by atoms with van der Waals surface area (Å²) in [6.07, 6.45) is -4.46. The van der Waals surface area contributed by atoms with Gasteiger partial charge in [0.2, 0.25) is 0 Å². The lowest BCUT2D eigenvalue weighted by atomic mass is 10.2.